The van der Waals surface area contributed by atoms with Crippen LogP contribution in [-0.2, 0) is 13.0 Å². The maximum Gasteiger partial charge on any atom is 0.122 e. The fourth-order valence-electron chi connectivity index (χ4n) is 1.88. The molecule has 4 heteroatoms. The molecule has 0 saturated carbocycles. The summed E-state index contributed by atoms with van der Waals surface area (Å²) in [5.41, 5.74) is 1.24. The fourth-order valence-corrected chi connectivity index (χ4v) is 1.88. The molecule has 0 aliphatic carbocycles. The molecule has 0 aliphatic rings. The van der Waals surface area contributed by atoms with Crippen LogP contribution in [0.15, 0.2) is 42.7 Å². The predicted octanol–water partition coefficient (Wildman–Crippen LogP) is 1.72. The Morgan fingerprint density at radius 1 is 1.22 bits per heavy atom. The van der Waals surface area contributed by atoms with Gasteiger partial charge in [0.1, 0.15) is 5.75 Å². The number of hydrogen-bond donors (Lipinski definition) is 1. The second kappa shape index (κ2) is 6.81. The Bertz CT molecular complexity index is 454. The second-order valence-corrected chi connectivity index (χ2v) is 4.08. The number of rotatable bonds is 7. The molecule has 96 valence electrons. The molecule has 2 rings (SSSR count). The standard InChI is InChI=1S/C14H19N3O/c1-18-14-6-3-2-5-13(14)7-9-15-10-12-17-11-4-8-16-17/h2-6,8,11,15H,7,9-10,12H2,1H3. The summed E-state index contributed by atoms with van der Waals surface area (Å²) in [6.07, 6.45) is 4.75. The van der Waals surface area contributed by atoms with Gasteiger partial charge in [0.15, 0.2) is 0 Å². The lowest BCUT2D eigenvalue weighted by molar-refractivity contribution is 0.409. The van der Waals surface area contributed by atoms with Gasteiger partial charge in [-0.2, -0.15) is 5.10 Å². The SMILES string of the molecule is COc1ccccc1CCNCCn1cccn1. The maximum atomic E-state index is 5.32. The molecule has 1 aromatic carbocycles. The lowest BCUT2D eigenvalue weighted by atomic mass is 10.1. The Balaban J connectivity index is 1.69. The Kier molecular flexibility index (Phi) is 4.78. The summed E-state index contributed by atoms with van der Waals surface area (Å²) in [5, 5.41) is 7.56. The van der Waals surface area contributed by atoms with Crippen molar-refractivity contribution < 1.29 is 4.74 Å². The van der Waals surface area contributed by atoms with E-state index in [1.807, 2.05) is 35.1 Å². The third-order valence-electron chi connectivity index (χ3n) is 2.84. The van der Waals surface area contributed by atoms with Gasteiger partial charge >= 0.3 is 0 Å². The van der Waals surface area contributed by atoms with Gasteiger partial charge in [0.05, 0.1) is 13.7 Å². The molecule has 2 aromatic rings. The van der Waals surface area contributed by atoms with Gasteiger partial charge in [-0.1, -0.05) is 18.2 Å². The minimum atomic E-state index is 0.902. The summed E-state index contributed by atoms with van der Waals surface area (Å²) in [4.78, 5) is 0. The van der Waals surface area contributed by atoms with E-state index < -0.39 is 0 Å². The van der Waals surface area contributed by atoms with E-state index >= 15 is 0 Å². The van der Waals surface area contributed by atoms with Crippen LogP contribution >= 0.6 is 0 Å². The first-order valence-electron chi connectivity index (χ1n) is 6.20. The molecule has 0 unspecified atom stereocenters. The number of aromatic nitrogens is 2. The van der Waals surface area contributed by atoms with Crippen LogP contribution in [0.25, 0.3) is 0 Å². The van der Waals surface area contributed by atoms with E-state index in [1.165, 1.54) is 5.56 Å². The van der Waals surface area contributed by atoms with Gasteiger partial charge in [-0.15, -0.1) is 0 Å². The van der Waals surface area contributed by atoms with Gasteiger partial charge in [-0.05, 0) is 30.7 Å². The molecule has 0 amide bonds. The number of nitrogens with one attached hydrogen (secondary N) is 1. The minimum absolute atomic E-state index is 0.902. The van der Waals surface area contributed by atoms with E-state index in [2.05, 4.69) is 16.5 Å². The molecular weight excluding hydrogens is 226 g/mol. The van der Waals surface area contributed by atoms with E-state index in [4.69, 9.17) is 4.74 Å². The van der Waals surface area contributed by atoms with Gasteiger partial charge in [0.2, 0.25) is 0 Å². The molecule has 18 heavy (non-hydrogen) atoms. The molecule has 0 radical (unpaired) electrons. The predicted molar refractivity (Wildman–Crippen MR) is 71.8 cm³/mol. The lowest BCUT2D eigenvalue weighted by Gasteiger charge is -2.09. The fraction of sp³-hybridized carbons (Fsp3) is 0.357. The van der Waals surface area contributed by atoms with Gasteiger partial charge in [0, 0.05) is 18.9 Å². The van der Waals surface area contributed by atoms with Crippen molar-refractivity contribution in [2.75, 3.05) is 20.2 Å². The van der Waals surface area contributed by atoms with Crippen LogP contribution in [0.2, 0.25) is 0 Å². The van der Waals surface area contributed by atoms with E-state index in [1.54, 1.807) is 13.3 Å². The van der Waals surface area contributed by atoms with Crippen LogP contribution < -0.4 is 10.1 Å². The summed E-state index contributed by atoms with van der Waals surface area (Å²) in [6, 6.07) is 10.1. The molecule has 0 aliphatic heterocycles. The van der Waals surface area contributed by atoms with Gasteiger partial charge < -0.3 is 10.1 Å². The highest BCUT2D eigenvalue weighted by atomic mass is 16.5. The topological polar surface area (TPSA) is 39.1 Å². The van der Waals surface area contributed by atoms with Gasteiger partial charge in [-0.25, -0.2) is 0 Å². The number of ether oxygens (including phenoxy) is 1. The lowest BCUT2D eigenvalue weighted by Crippen LogP contribution is -2.22. The number of nitrogens with zero attached hydrogens (tertiary/aromatic N) is 2. The number of para-hydroxylation sites is 1. The van der Waals surface area contributed by atoms with E-state index in [9.17, 15) is 0 Å². The summed E-state index contributed by atoms with van der Waals surface area (Å²) in [7, 11) is 1.71. The zero-order valence-corrected chi connectivity index (χ0v) is 10.7. The third kappa shape index (κ3) is 3.60. The molecule has 0 bridgehead atoms. The molecule has 1 N–H and O–H groups in total. The van der Waals surface area contributed by atoms with Gasteiger partial charge in [-0.3, -0.25) is 4.68 Å². The molecule has 0 fully saturated rings. The Morgan fingerprint density at radius 3 is 2.89 bits per heavy atom. The van der Waals surface area contributed by atoms with Crippen molar-refractivity contribution in [1.82, 2.24) is 15.1 Å². The minimum Gasteiger partial charge on any atom is -0.496 e. The van der Waals surface area contributed by atoms with Crippen molar-refractivity contribution >= 4 is 0 Å². The molecule has 0 saturated heterocycles. The summed E-state index contributed by atoms with van der Waals surface area (Å²) < 4.78 is 7.25. The Labute approximate surface area is 108 Å². The number of benzene rings is 1. The van der Waals surface area contributed by atoms with Crippen LogP contribution in [0.5, 0.6) is 5.75 Å². The molecule has 0 spiro atoms. The summed E-state index contributed by atoms with van der Waals surface area (Å²) in [5.74, 6) is 0.964. The van der Waals surface area contributed by atoms with E-state index in [-0.39, 0.29) is 0 Å². The number of hydrogen-bond acceptors (Lipinski definition) is 3. The smallest absolute Gasteiger partial charge is 0.122 e. The maximum absolute atomic E-state index is 5.32. The zero-order valence-electron chi connectivity index (χ0n) is 10.7. The van der Waals surface area contributed by atoms with Crippen LogP contribution in [0.1, 0.15) is 5.56 Å². The third-order valence-corrected chi connectivity index (χ3v) is 2.84. The second-order valence-electron chi connectivity index (χ2n) is 4.08. The first-order chi connectivity index (χ1) is 8.90. The number of methoxy groups -OCH3 is 1. The van der Waals surface area contributed by atoms with Crippen LogP contribution in [0.4, 0.5) is 0 Å². The zero-order chi connectivity index (χ0) is 12.6. The highest BCUT2D eigenvalue weighted by molar-refractivity contribution is 5.33. The molecular formula is C14H19N3O. The van der Waals surface area contributed by atoms with Crippen molar-refractivity contribution in [1.29, 1.82) is 0 Å². The first kappa shape index (κ1) is 12.6. The van der Waals surface area contributed by atoms with Crippen molar-refractivity contribution in [2.45, 2.75) is 13.0 Å². The first-order valence-corrected chi connectivity index (χ1v) is 6.20. The molecule has 0 atom stereocenters. The normalized spacial score (nSPS) is 10.5. The van der Waals surface area contributed by atoms with Crippen molar-refractivity contribution in [3.05, 3.63) is 48.3 Å². The molecule has 1 aromatic heterocycles. The van der Waals surface area contributed by atoms with Crippen molar-refractivity contribution in [3.8, 4) is 5.75 Å². The average Bonchev–Trinajstić information content (AvgIpc) is 2.92. The van der Waals surface area contributed by atoms with Crippen molar-refractivity contribution in [2.24, 2.45) is 0 Å². The van der Waals surface area contributed by atoms with Gasteiger partial charge in [0.25, 0.3) is 0 Å². The van der Waals surface area contributed by atoms with Crippen LogP contribution in [0, 0.1) is 0 Å². The summed E-state index contributed by atoms with van der Waals surface area (Å²) >= 11 is 0. The largest absolute Gasteiger partial charge is 0.496 e. The van der Waals surface area contributed by atoms with Crippen LogP contribution in [-0.4, -0.2) is 30.0 Å². The molecule has 1 heterocycles. The quantitative estimate of drug-likeness (QED) is 0.755. The highest BCUT2D eigenvalue weighted by Gasteiger charge is 2.00. The molecule has 4 nitrogen and oxygen atoms in total. The average molecular weight is 245 g/mol. The van der Waals surface area contributed by atoms with Crippen LogP contribution in [0.3, 0.4) is 0 Å². The highest BCUT2D eigenvalue weighted by Crippen LogP contribution is 2.16. The Hall–Kier alpha value is -1.81. The van der Waals surface area contributed by atoms with Crippen molar-refractivity contribution in [3.63, 3.8) is 0 Å². The van der Waals surface area contributed by atoms with E-state index in [0.29, 0.717) is 0 Å². The summed E-state index contributed by atoms with van der Waals surface area (Å²) in [6.45, 7) is 2.78. The monoisotopic (exact) mass is 245 g/mol. The Morgan fingerprint density at radius 2 is 2.11 bits per heavy atom. The van der Waals surface area contributed by atoms with E-state index in [0.717, 1.165) is 31.8 Å².